The third-order valence-corrected chi connectivity index (χ3v) is 2.17. The summed E-state index contributed by atoms with van der Waals surface area (Å²) in [6, 6.07) is 0. The van der Waals surface area contributed by atoms with Crippen molar-refractivity contribution in [2.24, 2.45) is 0 Å². The molecule has 0 bridgehead atoms. The molecule has 0 aliphatic heterocycles. The molecule has 0 saturated heterocycles. The summed E-state index contributed by atoms with van der Waals surface area (Å²) in [6.07, 6.45) is 9.68. The van der Waals surface area contributed by atoms with Gasteiger partial charge in [0.15, 0.2) is 0 Å². The number of unbranched alkanes of at least 4 members (excludes halogenated alkanes) is 1. The Morgan fingerprint density at radius 1 is 1.30 bits per heavy atom. The average Bonchev–Trinajstić information content (AvgIpc) is 2.91. The van der Waals surface area contributed by atoms with Crippen LogP contribution in [0.4, 0.5) is 0 Å². The van der Waals surface area contributed by atoms with Crippen LogP contribution in [-0.2, 0) is 20.7 Å². The minimum absolute atomic E-state index is 0.830. The van der Waals surface area contributed by atoms with Gasteiger partial charge in [-0.25, -0.2) is 14.6 Å². The number of ether oxygens (including phenoxy) is 1. The van der Waals surface area contributed by atoms with Gasteiger partial charge in [0.2, 0.25) is 0 Å². The van der Waals surface area contributed by atoms with E-state index < -0.39 is 11.9 Å². The molecule has 0 aliphatic carbocycles. The highest BCUT2D eigenvalue weighted by atomic mass is 16.5. The van der Waals surface area contributed by atoms with Crippen molar-refractivity contribution >= 4 is 11.9 Å². The zero-order valence-corrected chi connectivity index (χ0v) is 11.2. The van der Waals surface area contributed by atoms with Crippen molar-refractivity contribution in [3.05, 3.63) is 30.9 Å². The Kier molecular flexibility index (Phi) is 10.6. The molecule has 0 radical (unpaired) electrons. The number of rotatable bonds is 8. The van der Waals surface area contributed by atoms with E-state index in [0.717, 1.165) is 38.9 Å². The summed E-state index contributed by atoms with van der Waals surface area (Å²) < 4.78 is 5.45. The molecule has 0 amide bonds. The van der Waals surface area contributed by atoms with Crippen molar-refractivity contribution in [3.63, 3.8) is 0 Å². The molecule has 1 aromatic rings. The number of aliphatic carboxylic acids is 2. The van der Waals surface area contributed by atoms with E-state index in [4.69, 9.17) is 24.5 Å². The fraction of sp³-hybridized carbons (Fsp3) is 0.462. The summed E-state index contributed by atoms with van der Waals surface area (Å²) >= 11 is 0. The maximum atomic E-state index is 9.10. The lowest BCUT2D eigenvalue weighted by Gasteiger charge is -2.01. The highest BCUT2D eigenvalue weighted by molar-refractivity contribution is 6.27. The number of hydrogen-bond donors (Lipinski definition) is 3. The lowest BCUT2D eigenvalue weighted by Crippen LogP contribution is -2.09. The number of imidazole rings is 1. The first kappa shape index (κ1) is 17.8. The Hall–Kier alpha value is -2.15. The van der Waals surface area contributed by atoms with E-state index >= 15 is 0 Å². The number of carbonyl (C=O) groups is 2. The standard InChI is InChI=1S/C11H18N2O.C2H2O4/c1-2-3-4-7-14-8-5-6-11-9-12-10-13-11;3-1(4)2(5)6/h2,9-10H,1,3-8H2,(H,12,13);(H,3,4)(H,5,6). The summed E-state index contributed by atoms with van der Waals surface area (Å²) in [5, 5.41) is 14.8. The number of aryl methyl sites for hydroxylation is 1. The van der Waals surface area contributed by atoms with Crippen LogP contribution in [-0.4, -0.2) is 45.3 Å². The number of carboxylic acid groups (broad SMARTS) is 2. The number of nitrogens with zero attached hydrogens (tertiary/aromatic N) is 1. The van der Waals surface area contributed by atoms with Gasteiger partial charge in [-0.3, -0.25) is 0 Å². The molecule has 20 heavy (non-hydrogen) atoms. The smallest absolute Gasteiger partial charge is 0.414 e. The topological polar surface area (TPSA) is 113 Å². The van der Waals surface area contributed by atoms with Gasteiger partial charge in [-0.15, -0.1) is 6.58 Å². The average molecular weight is 284 g/mol. The minimum atomic E-state index is -1.82. The van der Waals surface area contributed by atoms with Crippen molar-refractivity contribution in [3.8, 4) is 0 Å². The summed E-state index contributed by atoms with van der Waals surface area (Å²) in [4.78, 5) is 25.2. The van der Waals surface area contributed by atoms with E-state index in [1.54, 1.807) is 6.33 Å². The van der Waals surface area contributed by atoms with Crippen molar-refractivity contribution in [1.29, 1.82) is 0 Å². The van der Waals surface area contributed by atoms with E-state index in [2.05, 4.69) is 16.5 Å². The predicted molar refractivity (Wildman–Crippen MR) is 72.4 cm³/mol. The molecular formula is C13H20N2O5. The molecule has 3 N–H and O–H groups in total. The third-order valence-electron chi connectivity index (χ3n) is 2.17. The number of carboxylic acids is 2. The second kappa shape index (κ2) is 11.9. The van der Waals surface area contributed by atoms with Crippen LogP contribution in [0.1, 0.15) is 25.0 Å². The van der Waals surface area contributed by atoms with Gasteiger partial charge < -0.3 is 19.9 Å². The van der Waals surface area contributed by atoms with E-state index in [1.807, 2.05) is 12.3 Å². The molecule has 1 heterocycles. The molecular weight excluding hydrogens is 264 g/mol. The van der Waals surface area contributed by atoms with Crippen molar-refractivity contribution in [2.45, 2.75) is 25.7 Å². The molecule has 0 atom stereocenters. The molecule has 112 valence electrons. The summed E-state index contributed by atoms with van der Waals surface area (Å²) in [7, 11) is 0. The summed E-state index contributed by atoms with van der Waals surface area (Å²) in [6.45, 7) is 5.33. The molecule has 0 spiro atoms. The van der Waals surface area contributed by atoms with Crippen LogP contribution in [0, 0.1) is 0 Å². The predicted octanol–water partition coefficient (Wildman–Crippen LogP) is 1.48. The normalized spacial score (nSPS) is 9.40. The second-order valence-corrected chi connectivity index (χ2v) is 3.83. The number of H-pyrrole nitrogens is 1. The van der Waals surface area contributed by atoms with Crippen LogP contribution in [0.5, 0.6) is 0 Å². The molecule has 0 aromatic carbocycles. The first-order valence-corrected chi connectivity index (χ1v) is 6.20. The zero-order chi connectivity index (χ0) is 15.2. The molecule has 1 aromatic heterocycles. The molecule has 7 nitrogen and oxygen atoms in total. The number of aromatic nitrogens is 2. The minimum Gasteiger partial charge on any atom is -0.473 e. The van der Waals surface area contributed by atoms with Gasteiger partial charge in [-0.05, 0) is 25.7 Å². The van der Waals surface area contributed by atoms with Crippen LogP contribution in [0.2, 0.25) is 0 Å². The maximum absolute atomic E-state index is 9.10. The number of hydrogen-bond acceptors (Lipinski definition) is 4. The van der Waals surface area contributed by atoms with Gasteiger partial charge in [-0.2, -0.15) is 0 Å². The number of aromatic amines is 1. The lowest BCUT2D eigenvalue weighted by molar-refractivity contribution is -0.159. The van der Waals surface area contributed by atoms with Gasteiger partial charge in [0.25, 0.3) is 0 Å². The Labute approximate surface area is 117 Å². The van der Waals surface area contributed by atoms with Gasteiger partial charge >= 0.3 is 11.9 Å². The van der Waals surface area contributed by atoms with Crippen LogP contribution in [0.3, 0.4) is 0 Å². The van der Waals surface area contributed by atoms with Crippen LogP contribution in [0.25, 0.3) is 0 Å². The van der Waals surface area contributed by atoms with E-state index in [1.165, 1.54) is 5.69 Å². The Morgan fingerprint density at radius 2 is 1.95 bits per heavy atom. The highest BCUT2D eigenvalue weighted by Gasteiger charge is 2.04. The van der Waals surface area contributed by atoms with Gasteiger partial charge in [0.1, 0.15) is 0 Å². The van der Waals surface area contributed by atoms with Crippen LogP contribution >= 0.6 is 0 Å². The second-order valence-electron chi connectivity index (χ2n) is 3.83. The Bertz CT molecular complexity index is 377. The van der Waals surface area contributed by atoms with Crippen LogP contribution < -0.4 is 0 Å². The van der Waals surface area contributed by atoms with Crippen molar-refractivity contribution in [2.75, 3.05) is 13.2 Å². The Morgan fingerprint density at radius 3 is 2.45 bits per heavy atom. The van der Waals surface area contributed by atoms with Crippen LogP contribution in [0.15, 0.2) is 25.2 Å². The van der Waals surface area contributed by atoms with Crippen molar-refractivity contribution in [1.82, 2.24) is 9.97 Å². The number of nitrogens with one attached hydrogen (secondary N) is 1. The fourth-order valence-corrected chi connectivity index (χ4v) is 1.22. The zero-order valence-electron chi connectivity index (χ0n) is 11.2. The summed E-state index contributed by atoms with van der Waals surface area (Å²) in [5.41, 5.74) is 1.18. The Balaban J connectivity index is 0.000000511. The van der Waals surface area contributed by atoms with Gasteiger partial charge in [0, 0.05) is 25.1 Å². The molecule has 0 fully saturated rings. The quantitative estimate of drug-likeness (QED) is 0.378. The number of allylic oxidation sites excluding steroid dienone is 1. The third kappa shape index (κ3) is 11.0. The molecule has 0 saturated carbocycles. The molecule has 0 unspecified atom stereocenters. The molecule has 7 heteroatoms. The van der Waals surface area contributed by atoms with E-state index in [9.17, 15) is 0 Å². The summed E-state index contributed by atoms with van der Waals surface area (Å²) in [5.74, 6) is -3.65. The monoisotopic (exact) mass is 284 g/mol. The first-order valence-electron chi connectivity index (χ1n) is 6.20. The molecule has 1 rings (SSSR count). The molecule has 0 aliphatic rings. The highest BCUT2D eigenvalue weighted by Crippen LogP contribution is 1.98. The maximum Gasteiger partial charge on any atom is 0.414 e. The van der Waals surface area contributed by atoms with Crippen molar-refractivity contribution < 1.29 is 24.5 Å². The lowest BCUT2D eigenvalue weighted by atomic mass is 10.2. The SMILES string of the molecule is C=CCCCOCCCc1cnc[nH]1.O=C(O)C(=O)O. The fourth-order valence-electron chi connectivity index (χ4n) is 1.22. The largest absolute Gasteiger partial charge is 0.473 e. The first-order chi connectivity index (χ1) is 9.57. The van der Waals surface area contributed by atoms with E-state index in [0.29, 0.717) is 0 Å². The van der Waals surface area contributed by atoms with Gasteiger partial charge in [0.05, 0.1) is 6.33 Å². The van der Waals surface area contributed by atoms with Gasteiger partial charge in [-0.1, -0.05) is 6.08 Å². The van der Waals surface area contributed by atoms with E-state index in [-0.39, 0.29) is 0 Å².